The number of halogens is 1. The third kappa shape index (κ3) is 5.42. The fourth-order valence-electron chi connectivity index (χ4n) is 5.04. The van der Waals surface area contributed by atoms with Gasteiger partial charge in [0.05, 0.1) is 11.8 Å². The summed E-state index contributed by atoms with van der Waals surface area (Å²) in [5.41, 5.74) is 1.39. The van der Waals surface area contributed by atoms with E-state index in [9.17, 15) is 13.2 Å². The number of hydrogen-bond acceptors (Lipinski definition) is 4. The maximum atomic E-state index is 13.2. The number of amides is 1. The minimum absolute atomic E-state index is 0.00491. The molecule has 0 unspecified atom stereocenters. The molecule has 6 nitrogen and oxygen atoms in total. The monoisotopic (exact) mass is 504 g/mol. The predicted molar refractivity (Wildman–Crippen MR) is 134 cm³/mol. The zero-order chi connectivity index (χ0) is 24.3. The predicted octanol–water partition coefficient (Wildman–Crippen LogP) is 5.08. The van der Waals surface area contributed by atoms with Crippen molar-refractivity contribution in [3.8, 4) is 5.75 Å². The average Bonchev–Trinajstić information content (AvgIpc) is 2.83. The van der Waals surface area contributed by atoms with Crippen molar-refractivity contribution in [2.75, 3.05) is 13.1 Å². The summed E-state index contributed by atoms with van der Waals surface area (Å²) in [5, 5.41) is 3.79. The molecule has 1 amide bonds. The van der Waals surface area contributed by atoms with Crippen molar-refractivity contribution < 1.29 is 17.9 Å². The second-order valence-electron chi connectivity index (χ2n) is 9.35. The van der Waals surface area contributed by atoms with Crippen LogP contribution in [0.4, 0.5) is 0 Å². The highest BCUT2D eigenvalue weighted by molar-refractivity contribution is 7.88. The number of fused-ring (bicyclic) bond motifs is 1. The number of sulfonamides is 1. The molecule has 0 aromatic heterocycles. The number of ether oxygens (including phenoxy) is 1. The molecular weight excluding hydrogens is 472 g/mol. The summed E-state index contributed by atoms with van der Waals surface area (Å²) in [6.45, 7) is 4.93. The van der Waals surface area contributed by atoms with E-state index in [0.29, 0.717) is 36.5 Å². The SMILES string of the molecule is CCC1(CC)C[C@@H](NC(=O)C2CCN(S(=O)(=O)Cc3cccc(Cl)c3)CC2)c2ccccc2O1. The number of piperidine rings is 1. The van der Waals surface area contributed by atoms with Crippen LogP contribution in [-0.4, -0.2) is 37.3 Å². The molecule has 184 valence electrons. The van der Waals surface area contributed by atoms with Gasteiger partial charge < -0.3 is 10.1 Å². The zero-order valence-corrected chi connectivity index (χ0v) is 21.4. The van der Waals surface area contributed by atoms with Gasteiger partial charge in [-0.05, 0) is 49.4 Å². The van der Waals surface area contributed by atoms with Crippen molar-refractivity contribution in [3.05, 3.63) is 64.7 Å². The quantitative estimate of drug-likeness (QED) is 0.570. The zero-order valence-electron chi connectivity index (χ0n) is 19.8. The Morgan fingerprint density at radius 3 is 2.50 bits per heavy atom. The molecule has 0 radical (unpaired) electrons. The van der Waals surface area contributed by atoms with Gasteiger partial charge in [-0.15, -0.1) is 0 Å². The molecule has 1 saturated heterocycles. The van der Waals surface area contributed by atoms with E-state index in [0.717, 1.165) is 30.6 Å². The third-order valence-corrected chi connectivity index (χ3v) is 9.34. The van der Waals surface area contributed by atoms with Crippen LogP contribution in [0.15, 0.2) is 48.5 Å². The Kier molecular flexibility index (Phi) is 7.55. The van der Waals surface area contributed by atoms with Crippen molar-refractivity contribution >= 4 is 27.5 Å². The Labute approximate surface area is 207 Å². The molecule has 1 atom stereocenters. The number of carbonyl (C=O) groups excluding carboxylic acids is 1. The van der Waals surface area contributed by atoms with Gasteiger partial charge in [-0.25, -0.2) is 12.7 Å². The van der Waals surface area contributed by atoms with Crippen molar-refractivity contribution in [1.82, 2.24) is 9.62 Å². The van der Waals surface area contributed by atoms with Gasteiger partial charge in [-0.1, -0.05) is 55.8 Å². The summed E-state index contributed by atoms with van der Waals surface area (Å²) in [6, 6.07) is 14.7. The van der Waals surface area contributed by atoms with Gasteiger partial charge in [-0.3, -0.25) is 4.79 Å². The molecule has 1 N–H and O–H groups in total. The Morgan fingerprint density at radius 1 is 1.12 bits per heavy atom. The number of rotatable bonds is 7. The molecule has 34 heavy (non-hydrogen) atoms. The van der Waals surface area contributed by atoms with Gasteiger partial charge in [0, 0.05) is 36.0 Å². The number of nitrogens with one attached hydrogen (secondary N) is 1. The van der Waals surface area contributed by atoms with Gasteiger partial charge in [0.15, 0.2) is 0 Å². The van der Waals surface area contributed by atoms with Crippen LogP contribution < -0.4 is 10.1 Å². The van der Waals surface area contributed by atoms with Gasteiger partial charge in [0.2, 0.25) is 15.9 Å². The Bertz CT molecular complexity index is 1130. The first-order valence-electron chi connectivity index (χ1n) is 12.1. The molecule has 8 heteroatoms. The van der Waals surface area contributed by atoms with E-state index in [4.69, 9.17) is 16.3 Å². The largest absolute Gasteiger partial charge is 0.487 e. The molecule has 0 aliphatic carbocycles. The molecule has 2 aliphatic rings. The first-order valence-corrected chi connectivity index (χ1v) is 14.0. The van der Waals surface area contributed by atoms with E-state index < -0.39 is 10.0 Å². The molecule has 2 aromatic rings. The van der Waals surface area contributed by atoms with Crippen LogP contribution in [0, 0.1) is 5.92 Å². The molecule has 0 bridgehead atoms. The maximum absolute atomic E-state index is 13.2. The summed E-state index contributed by atoms with van der Waals surface area (Å²) in [7, 11) is -3.47. The third-order valence-electron chi connectivity index (χ3n) is 7.26. The standard InChI is InChI=1S/C26H33ClN2O4S/c1-3-26(4-2)17-23(22-10-5-6-11-24(22)33-26)28-25(30)20-12-14-29(15-13-20)34(31,32)18-19-8-7-9-21(27)16-19/h5-11,16,20,23H,3-4,12-15,17-18H2,1-2H3,(H,28,30)/t23-/m1/s1. The van der Waals surface area contributed by atoms with Crippen LogP contribution in [0.2, 0.25) is 5.02 Å². The molecule has 2 heterocycles. The highest BCUT2D eigenvalue weighted by Gasteiger charge is 2.40. The minimum Gasteiger partial charge on any atom is -0.487 e. The molecule has 0 spiro atoms. The number of carbonyl (C=O) groups is 1. The topological polar surface area (TPSA) is 75.7 Å². The summed E-state index contributed by atoms with van der Waals surface area (Å²) in [5.74, 6) is 0.545. The Hall–Kier alpha value is -2.09. The summed E-state index contributed by atoms with van der Waals surface area (Å²) in [4.78, 5) is 13.2. The molecule has 0 saturated carbocycles. The number of hydrogen-bond donors (Lipinski definition) is 1. The van der Waals surface area contributed by atoms with E-state index in [2.05, 4.69) is 19.2 Å². The van der Waals surface area contributed by atoms with Crippen LogP contribution in [-0.2, 0) is 20.6 Å². The lowest BCUT2D eigenvalue weighted by molar-refractivity contribution is -0.127. The minimum atomic E-state index is -3.47. The van der Waals surface area contributed by atoms with Crippen molar-refractivity contribution in [1.29, 1.82) is 0 Å². The van der Waals surface area contributed by atoms with Crippen molar-refractivity contribution in [2.24, 2.45) is 5.92 Å². The first-order chi connectivity index (χ1) is 16.2. The van der Waals surface area contributed by atoms with Crippen LogP contribution >= 0.6 is 11.6 Å². The normalized spacial score (nSPS) is 20.9. The van der Waals surface area contributed by atoms with E-state index >= 15 is 0 Å². The van der Waals surface area contributed by atoms with Crippen LogP contribution in [0.3, 0.4) is 0 Å². The second kappa shape index (κ2) is 10.3. The van der Waals surface area contributed by atoms with E-state index in [1.165, 1.54) is 4.31 Å². The lowest BCUT2D eigenvalue weighted by Crippen LogP contribution is -2.47. The highest BCUT2D eigenvalue weighted by Crippen LogP contribution is 2.42. The molecule has 2 aliphatic heterocycles. The van der Waals surface area contributed by atoms with E-state index in [1.807, 2.05) is 24.3 Å². The van der Waals surface area contributed by atoms with E-state index in [1.54, 1.807) is 24.3 Å². The average molecular weight is 505 g/mol. The lowest BCUT2D eigenvalue weighted by Gasteiger charge is -2.42. The molecule has 2 aromatic carbocycles. The highest BCUT2D eigenvalue weighted by atomic mass is 35.5. The Morgan fingerprint density at radius 2 is 1.82 bits per heavy atom. The molecule has 1 fully saturated rings. The van der Waals surface area contributed by atoms with Gasteiger partial charge in [0.1, 0.15) is 11.4 Å². The number of nitrogens with zero attached hydrogens (tertiary/aromatic N) is 1. The first kappa shape index (κ1) is 25.0. The lowest BCUT2D eigenvalue weighted by atomic mass is 9.83. The Balaban J connectivity index is 1.39. The van der Waals surface area contributed by atoms with E-state index in [-0.39, 0.29) is 29.2 Å². The van der Waals surface area contributed by atoms with Crippen molar-refractivity contribution in [2.45, 2.75) is 63.3 Å². The van der Waals surface area contributed by atoms with Crippen LogP contribution in [0.25, 0.3) is 0 Å². The number of para-hydroxylation sites is 1. The van der Waals surface area contributed by atoms with Gasteiger partial charge >= 0.3 is 0 Å². The van der Waals surface area contributed by atoms with Crippen LogP contribution in [0.1, 0.15) is 63.1 Å². The molecular formula is C26H33ClN2O4S. The van der Waals surface area contributed by atoms with Gasteiger partial charge in [-0.2, -0.15) is 0 Å². The second-order valence-corrected chi connectivity index (χ2v) is 11.8. The smallest absolute Gasteiger partial charge is 0.223 e. The molecule has 4 rings (SSSR count). The number of benzene rings is 2. The summed E-state index contributed by atoms with van der Waals surface area (Å²) >= 11 is 6.00. The summed E-state index contributed by atoms with van der Waals surface area (Å²) < 4.78 is 33.7. The van der Waals surface area contributed by atoms with Crippen molar-refractivity contribution in [3.63, 3.8) is 0 Å². The fourth-order valence-corrected chi connectivity index (χ4v) is 6.81. The maximum Gasteiger partial charge on any atom is 0.223 e. The fraction of sp³-hybridized carbons (Fsp3) is 0.500. The van der Waals surface area contributed by atoms with Gasteiger partial charge in [0.25, 0.3) is 0 Å². The summed E-state index contributed by atoms with van der Waals surface area (Å²) in [6.07, 6.45) is 3.49. The van der Waals surface area contributed by atoms with Crippen LogP contribution in [0.5, 0.6) is 5.75 Å².